The normalized spacial score (nSPS) is 12.3. The van der Waals surface area contributed by atoms with Gasteiger partial charge in [-0.2, -0.15) is 0 Å². The molecule has 1 unspecified atom stereocenters. The average Bonchev–Trinajstić information content (AvgIpc) is 2.42. The molecule has 0 aliphatic carbocycles. The Morgan fingerprint density at radius 3 is 2.59 bits per heavy atom. The summed E-state index contributed by atoms with van der Waals surface area (Å²) in [5.74, 6) is 0. The van der Waals surface area contributed by atoms with E-state index in [4.69, 9.17) is 0 Å². The lowest BCUT2D eigenvalue weighted by Crippen LogP contribution is -2.20. The zero-order valence-corrected chi connectivity index (χ0v) is 10.1. The van der Waals surface area contributed by atoms with E-state index < -0.39 is 0 Å². The van der Waals surface area contributed by atoms with Crippen LogP contribution in [0.2, 0.25) is 0 Å². The molecule has 0 spiro atoms. The van der Waals surface area contributed by atoms with Crippen LogP contribution in [0.25, 0.3) is 0 Å². The molecule has 0 radical (unpaired) electrons. The van der Waals surface area contributed by atoms with Crippen LogP contribution in [0.1, 0.15) is 30.5 Å². The second-order valence-electron chi connectivity index (χ2n) is 4.11. The Morgan fingerprint density at radius 2 is 1.94 bits per heavy atom. The average molecular weight is 226 g/mol. The summed E-state index contributed by atoms with van der Waals surface area (Å²) >= 11 is 0. The van der Waals surface area contributed by atoms with Crippen molar-refractivity contribution < 1.29 is 0 Å². The predicted octanol–water partition coefficient (Wildman–Crippen LogP) is 3.32. The molecule has 2 nitrogen and oxygen atoms in total. The summed E-state index contributed by atoms with van der Waals surface area (Å²) in [6, 6.07) is 15.1. The highest BCUT2D eigenvalue weighted by molar-refractivity contribution is 5.19. The molecule has 0 amide bonds. The lowest BCUT2D eigenvalue weighted by molar-refractivity contribution is 0.518. The first-order valence-electron chi connectivity index (χ1n) is 6.07. The summed E-state index contributed by atoms with van der Waals surface area (Å²) in [7, 11) is 0. The largest absolute Gasteiger partial charge is 0.306 e. The number of hydrogen-bond acceptors (Lipinski definition) is 2. The Morgan fingerprint density at radius 1 is 1.12 bits per heavy atom. The molecule has 17 heavy (non-hydrogen) atoms. The fraction of sp³-hybridized carbons (Fsp3) is 0.267. The van der Waals surface area contributed by atoms with E-state index in [-0.39, 0.29) is 0 Å². The minimum Gasteiger partial charge on any atom is -0.306 e. The number of hydrogen-bond donors (Lipinski definition) is 1. The maximum atomic E-state index is 4.12. The molecule has 88 valence electrons. The van der Waals surface area contributed by atoms with Gasteiger partial charge >= 0.3 is 0 Å². The van der Waals surface area contributed by atoms with Crippen molar-refractivity contribution in [2.24, 2.45) is 0 Å². The fourth-order valence-corrected chi connectivity index (χ4v) is 1.93. The van der Waals surface area contributed by atoms with Crippen LogP contribution in [-0.2, 0) is 6.54 Å². The molecule has 0 saturated carbocycles. The second-order valence-corrected chi connectivity index (χ2v) is 4.11. The standard InChI is InChI=1S/C15H18N2/c1-2-15(14-8-4-3-5-9-14)17-12-13-7-6-10-16-11-13/h3-11,15,17H,2,12H2,1H3. The van der Waals surface area contributed by atoms with E-state index in [0.717, 1.165) is 13.0 Å². The summed E-state index contributed by atoms with van der Waals surface area (Å²) in [6.07, 6.45) is 4.80. The maximum absolute atomic E-state index is 4.12. The molecule has 1 atom stereocenters. The van der Waals surface area contributed by atoms with Gasteiger partial charge in [-0.15, -0.1) is 0 Å². The zero-order valence-electron chi connectivity index (χ0n) is 10.1. The minimum absolute atomic E-state index is 0.413. The van der Waals surface area contributed by atoms with Crippen molar-refractivity contribution in [2.75, 3.05) is 0 Å². The van der Waals surface area contributed by atoms with Gasteiger partial charge in [0.05, 0.1) is 0 Å². The van der Waals surface area contributed by atoms with Gasteiger partial charge in [-0.3, -0.25) is 4.98 Å². The minimum atomic E-state index is 0.413. The number of nitrogens with zero attached hydrogens (tertiary/aromatic N) is 1. The molecule has 1 aromatic carbocycles. The molecule has 0 saturated heterocycles. The molecular weight excluding hydrogens is 208 g/mol. The molecular formula is C15H18N2. The topological polar surface area (TPSA) is 24.9 Å². The van der Waals surface area contributed by atoms with E-state index in [1.165, 1.54) is 11.1 Å². The van der Waals surface area contributed by atoms with Gasteiger partial charge < -0.3 is 5.32 Å². The van der Waals surface area contributed by atoms with Crippen LogP contribution in [0, 0.1) is 0 Å². The summed E-state index contributed by atoms with van der Waals surface area (Å²) in [5.41, 5.74) is 2.57. The Labute approximate surface area is 103 Å². The monoisotopic (exact) mass is 226 g/mol. The molecule has 2 heteroatoms. The van der Waals surface area contributed by atoms with E-state index >= 15 is 0 Å². The molecule has 1 heterocycles. The third-order valence-corrected chi connectivity index (χ3v) is 2.89. The Balaban J connectivity index is 1.97. The molecule has 2 aromatic rings. The van der Waals surface area contributed by atoms with Gasteiger partial charge in [0.15, 0.2) is 0 Å². The van der Waals surface area contributed by atoms with Crippen molar-refractivity contribution in [2.45, 2.75) is 25.9 Å². The van der Waals surface area contributed by atoms with E-state index in [9.17, 15) is 0 Å². The summed E-state index contributed by atoms with van der Waals surface area (Å²) in [4.78, 5) is 4.12. The molecule has 0 aliphatic heterocycles. The second kappa shape index (κ2) is 6.16. The highest BCUT2D eigenvalue weighted by Gasteiger charge is 2.07. The van der Waals surface area contributed by atoms with Crippen molar-refractivity contribution in [3.8, 4) is 0 Å². The van der Waals surface area contributed by atoms with Crippen molar-refractivity contribution in [1.29, 1.82) is 0 Å². The van der Waals surface area contributed by atoms with Crippen molar-refractivity contribution >= 4 is 0 Å². The van der Waals surface area contributed by atoms with Gasteiger partial charge in [0.25, 0.3) is 0 Å². The van der Waals surface area contributed by atoms with Gasteiger partial charge in [0.1, 0.15) is 0 Å². The molecule has 1 N–H and O–H groups in total. The van der Waals surface area contributed by atoms with Gasteiger partial charge in [-0.25, -0.2) is 0 Å². The van der Waals surface area contributed by atoms with E-state index in [1.54, 1.807) is 6.20 Å². The molecule has 1 aromatic heterocycles. The summed E-state index contributed by atoms with van der Waals surface area (Å²) in [5, 5.41) is 3.56. The molecule has 2 rings (SSSR count). The van der Waals surface area contributed by atoms with Crippen molar-refractivity contribution in [1.82, 2.24) is 10.3 Å². The lowest BCUT2D eigenvalue weighted by Gasteiger charge is -2.17. The van der Waals surface area contributed by atoms with Crippen molar-refractivity contribution in [3.63, 3.8) is 0 Å². The van der Waals surface area contributed by atoms with Gasteiger partial charge in [0, 0.05) is 25.0 Å². The highest BCUT2D eigenvalue weighted by Crippen LogP contribution is 2.16. The summed E-state index contributed by atoms with van der Waals surface area (Å²) in [6.45, 7) is 3.06. The van der Waals surface area contributed by atoms with E-state index in [1.807, 2.05) is 12.3 Å². The van der Waals surface area contributed by atoms with E-state index in [0.29, 0.717) is 6.04 Å². The zero-order chi connectivity index (χ0) is 11.9. The first kappa shape index (κ1) is 11.8. The number of rotatable bonds is 5. The van der Waals surface area contributed by atoms with Crippen LogP contribution in [0.5, 0.6) is 0 Å². The summed E-state index contributed by atoms with van der Waals surface area (Å²) < 4.78 is 0. The Hall–Kier alpha value is -1.67. The van der Waals surface area contributed by atoms with Gasteiger partial charge in [0.2, 0.25) is 0 Å². The van der Waals surface area contributed by atoms with E-state index in [2.05, 4.69) is 53.6 Å². The van der Waals surface area contributed by atoms with Crippen LogP contribution >= 0.6 is 0 Å². The number of aromatic nitrogens is 1. The quantitative estimate of drug-likeness (QED) is 0.846. The van der Waals surface area contributed by atoms with Gasteiger partial charge in [-0.1, -0.05) is 43.3 Å². The number of pyridine rings is 1. The first-order valence-corrected chi connectivity index (χ1v) is 6.07. The smallest absolute Gasteiger partial charge is 0.0320 e. The molecule has 0 aliphatic rings. The first-order chi connectivity index (χ1) is 8.40. The molecule has 0 fully saturated rings. The maximum Gasteiger partial charge on any atom is 0.0320 e. The lowest BCUT2D eigenvalue weighted by atomic mass is 10.0. The van der Waals surface area contributed by atoms with Crippen LogP contribution in [0.3, 0.4) is 0 Å². The van der Waals surface area contributed by atoms with Crippen LogP contribution in [-0.4, -0.2) is 4.98 Å². The van der Waals surface area contributed by atoms with Crippen LogP contribution < -0.4 is 5.32 Å². The van der Waals surface area contributed by atoms with Crippen LogP contribution in [0.4, 0.5) is 0 Å². The highest BCUT2D eigenvalue weighted by atomic mass is 14.9. The third kappa shape index (κ3) is 3.40. The predicted molar refractivity (Wildman–Crippen MR) is 70.6 cm³/mol. The fourth-order valence-electron chi connectivity index (χ4n) is 1.93. The number of nitrogens with one attached hydrogen (secondary N) is 1. The Bertz CT molecular complexity index is 425. The molecule has 0 bridgehead atoms. The SMILES string of the molecule is CCC(NCc1cccnc1)c1ccccc1. The van der Waals surface area contributed by atoms with Gasteiger partial charge in [-0.05, 0) is 23.6 Å². The van der Waals surface area contributed by atoms with Crippen molar-refractivity contribution in [3.05, 3.63) is 66.0 Å². The van der Waals surface area contributed by atoms with Crippen LogP contribution in [0.15, 0.2) is 54.9 Å². The third-order valence-electron chi connectivity index (χ3n) is 2.89. The number of benzene rings is 1. The Kier molecular flexibility index (Phi) is 4.28.